The minimum absolute atomic E-state index is 0.199. The molecule has 0 unspecified atom stereocenters. The summed E-state index contributed by atoms with van der Waals surface area (Å²) < 4.78 is 5.79. The van der Waals surface area contributed by atoms with Crippen LogP contribution in [0.4, 0.5) is 0 Å². The molecule has 6 nitrogen and oxygen atoms in total. The van der Waals surface area contributed by atoms with Gasteiger partial charge in [-0.25, -0.2) is 4.79 Å². The summed E-state index contributed by atoms with van der Waals surface area (Å²) in [6, 6.07) is 7.24. The van der Waals surface area contributed by atoms with Crippen LogP contribution in [0.15, 0.2) is 24.3 Å². The monoisotopic (exact) mass is 303 g/mol. The number of carbonyl (C=O) groups is 1. The molecule has 3 rings (SSSR count). The zero-order chi connectivity index (χ0) is 15.5. The van der Waals surface area contributed by atoms with Crippen LogP contribution in [0.2, 0.25) is 0 Å². The highest BCUT2D eigenvalue weighted by Crippen LogP contribution is 2.21. The number of piperazine rings is 1. The van der Waals surface area contributed by atoms with E-state index in [9.17, 15) is 4.79 Å². The van der Waals surface area contributed by atoms with Crippen LogP contribution in [0, 0.1) is 0 Å². The molecule has 1 fully saturated rings. The molecule has 0 spiro atoms. The summed E-state index contributed by atoms with van der Waals surface area (Å²) in [5.74, 6) is -0.186. The maximum Gasteiger partial charge on any atom is 0.352 e. The van der Waals surface area contributed by atoms with E-state index in [1.54, 1.807) is 6.07 Å². The van der Waals surface area contributed by atoms with Gasteiger partial charge in [0.05, 0.1) is 0 Å². The first-order chi connectivity index (χ1) is 10.6. The molecule has 0 atom stereocenters. The van der Waals surface area contributed by atoms with Crippen molar-refractivity contribution in [1.82, 2.24) is 14.8 Å². The molecule has 2 N–H and O–H groups in total. The second-order valence-corrected chi connectivity index (χ2v) is 5.73. The molecule has 0 saturated carbocycles. The molecule has 0 amide bonds. The molecule has 1 aromatic heterocycles. The lowest BCUT2D eigenvalue weighted by Gasteiger charge is -2.32. The second-order valence-electron chi connectivity index (χ2n) is 5.73. The molecule has 2 heterocycles. The predicted octanol–water partition coefficient (Wildman–Crippen LogP) is 1.49. The fraction of sp³-hybridized carbons (Fsp3) is 0.438. The number of H-pyrrole nitrogens is 1. The summed E-state index contributed by atoms with van der Waals surface area (Å²) in [4.78, 5) is 18.6. The van der Waals surface area contributed by atoms with Crippen LogP contribution in [0.1, 0.15) is 10.5 Å². The van der Waals surface area contributed by atoms with E-state index in [2.05, 4.69) is 21.8 Å². The number of fused-ring (bicyclic) bond motifs is 1. The van der Waals surface area contributed by atoms with Gasteiger partial charge in [0, 0.05) is 49.7 Å². The Hall–Kier alpha value is -2.05. The van der Waals surface area contributed by atoms with Gasteiger partial charge in [0.1, 0.15) is 18.1 Å². The highest BCUT2D eigenvalue weighted by molar-refractivity contribution is 5.94. The van der Waals surface area contributed by atoms with Crippen molar-refractivity contribution in [2.24, 2.45) is 0 Å². The Labute approximate surface area is 129 Å². The number of hydrogen-bond donors (Lipinski definition) is 2. The topological polar surface area (TPSA) is 68.8 Å². The van der Waals surface area contributed by atoms with Crippen molar-refractivity contribution in [2.75, 3.05) is 46.4 Å². The van der Waals surface area contributed by atoms with Crippen LogP contribution in [-0.4, -0.2) is 72.2 Å². The Morgan fingerprint density at radius 2 is 2.05 bits per heavy atom. The molecule has 1 saturated heterocycles. The molecule has 1 aliphatic rings. The van der Waals surface area contributed by atoms with Gasteiger partial charge < -0.3 is 19.7 Å². The van der Waals surface area contributed by atoms with E-state index < -0.39 is 5.97 Å². The number of aromatic nitrogens is 1. The Balaban J connectivity index is 1.56. The number of rotatable bonds is 5. The van der Waals surface area contributed by atoms with Crippen LogP contribution in [0.25, 0.3) is 10.9 Å². The van der Waals surface area contributed by atoms with Gasteiger partial charge in [-0.2, -0.15) is 0 Å². The Kier molecular flexibility index (Phi) is 4.31. The smallest absolute Gasteiger partial charge is 0.352 e. The molecule has 22 heavy (non-hydrogen) atoms. The highest BCUT2D eigenvalue weighted by atomic mass is 16.5. The molecular formula is C16H21N3O3. The number of nitrogens with zero attached hydrogens (tertiary/aromatic N) is 2. The van der Waals surface area contributed by atoms with Gasteiger partial charge in [0.2, 0.25) is 0 Å². The van der Waals surface area contributed by atoms with Crippen molar-refractivity contribution < 1.29 is 14.6 Å². The van der Waals surface area contributed by atoms with E-state index in [1.807, 2.05) is 18.2 Å². The molecule has 1 aromatic carbocycles. The minimum Gasteiger partial charge on any atom is -0.492 e. The van der Waals surface area contributed by atoms with Crippen molar-refractivity contribution in [1.29, 1.82) is 0 Å². The molecule has 118 valence electrons. The van der Waals surface area contributed by atoms with E-state index in [0.29, 0.717) is 6.61 Å². The summed E-state index contributed by atoms with van der Waals surface area (Å²) in [6.07, 6.45) is 0. The maximum atomic E-state index is 11.0. The lowest BCUT2D eigenvalue weighted by molar-refractivity contribution is 0.0691. The third kappa shape index (κ3) is 3.40. The van der Waals surface area contributed by atoms with Gasteiger partial charge in [-0.3, -0.25) is 4.90 Å². The number of hydrogen-bond acceptors (Lipinski definition) is 4. The predicted molar refractivity (Wildman–Crippen MR) is 84.7 cm³/mol. The van der Waals surface area contributed by atoms with Gasteiger partial charge in [-0.15, -0.1) is 0 Å². The van der Waals surface area contributed by atoms with Crippen LogP contribution in [0.5, 0.6) is 5.75 Å². The molecule has 2 aromatic rings. The number of benzene rings is 1. The molecule has 0 bridgehead atoms. The lowest BCUT2D eigenvalue weighted by atomic mass is 10.2. The quantitative estimate of drug-likeness (QED) is 0.876. The average molecular weight is 303 g/mol. The minimum atomic E-state index is -0.950. The Morgan fingerprint density at radius 1 is 1.27 bits per heavy atom. The number of aromatic carboxylic acids is 1. The van der Waals surface area contributed by atoms with Crippen molar-refractivity contribution in [2.45, 2.75) is 0 Å². The summed E-state index contributed by atoms with van der Waals surface area (Å²) in [7, 11) is 2.14. The normalized spacial score (nSPS) is 17.0. The fourth-order valence-corrected chi connectivity index (χ4v) is 2.68. The third-order valence-electron chi connectivity index (χ3n) is 4.10. The van der Waals surface area contributed by atoms with Gasteiger partial charge >= 0.3 is 5.97 Å². The average Bonchev–Trinajstić information content (AvgIpc) is 2.93. The van der Waals surface area contributed by atoms with Gasteiger partial charge in [-0.05, 0) is 25.2 Å². The number of nitrogens with one attached hydrogen (secondary N) is 1. The van der Waals surface area contributed by atoms with E-state index in [1.165, 1.54) is 0 Å². The zero-order valence-corrected chi connectivity index (χ0v) is 12.7. The first kappa shape index (κ1) is 14.9. The number of ether oxygens (including phenoxy) is 1. The van der Waals surface area contributed by atoms with Crippen molar-refractivity contribution in [3.8, 4) is 5.75 Å². The SMILES string of the molecule is CN1CCN(CCOc2ccc3cc(C(=O)O)[nH]c3c2)CC1. The Morgan fingerprint density at radius 3 is 2.77 bits per heavy atom. The van der Waals surface area contributed by atoms with E-state index in [-0.39, 0.29) is 5.69 Å². The largest absolute Gasteiger partial charge is 0.492 e. The first-order valence-electron chi connectivity index (χ1n) is 7.51. The molecule has 1 aliphatic heterocycles. The van der Waals surface area contributed by atoms with E-state index in [0.717, 1.165) is 49.4 Å². The van der Waals surface area contributed by atoms with Crippen LogP contribution in [-0.2, 0) is 0 Å². The van der Waals surface area contributed by atoms with Crippen LogP contribution in [0.3, 0.4) is 0 Å². The van der Waals surface area contributed by atoms with Crippen molar-refractivity contribution in [3.63, 3.8) is 0 Å². The first-order valence-corrected chi connectivity index (χ1v) is 7.51. The number of carboxylic acid groups (broad SMARTS) is 1. The van der Waals surface area contributed by atoms with Gasteiger partial charge in [-0.1, -0.05) is 0 Å². The summed E-state index contributed by atoms with van der Waals surface area (Å²) in [5, 5.41) is 9.87. The molecule has 0 aliphatic carbocycles. The summed E-state index contributed by atoms with van der Waals surface area (Å²) in [6.45, 7) is 5.92. The van der Waals surface area contributed by atoms with E-state index >= 15 is 0 Å². The highest BCUT2D eigenvalue weighted by Gasteiger charge is 2.13. The summed E-state index contributed by atoms with van der Waals surface area (Å²) >= 11 is 0. The number of carboxylic acids is 1. The van der Waals surface area contributed by atoms with Gasteiger partial charge in [0.15, 0.2) is 0 Å². The molecular weight excluding hydrogens is 282 g/mol. The van der Waals surface area contributed by atoms with Crippen LogP contribution >= 0.6 is 0 Å². The van der Waals surface area contributed by atoms with Gasteiger partial charge in [0.25, 0.3) is 0 Å². The molecule has 0 radical (unpaired) electrons. The van der Waals surface area contributed by atoms with E-state index in [4.69, 9.17) is 9.84 Å². The standard InChI is InChI=1S/C16H21N3O3/c1-18-4-6-19(7-5-18)8-9-22-13-3-2-12-10-15(16(20)21)17-14(12)11-13/h2-3,10-11,17H,4-9H2,1H3,(H,20,21). The molecule has 6 heteroatoms. The maximum absolute atomic E-state index is 11.0. The fourth-order valence-electron chi connectivity index (χ4n) is 2.68. The number of aromatic amines is 1. The van der Waals surface area contributed by atoms with Crippen LogP contribution < -0.4 is 4.74 Å². The Bertz CT molecular complexity index is 660. The van der Waals surface area contributed by atoms with Crippen molar-refractivity contribution in [3.05, 3.63) is 30.0 Å². The number of likely N-dealkylation sites (N-methyl/N-ethyl adjacent to an activating group) is 1. The summed E-state index contributed by atoms with van der Waals surface area (Å²) in [5.41, 5.74) is 0.985. The van der Waals surface area contributed by atoms with Crippen molar-refractivity contribution >= 4 is 16.9 Å². The lowest BCUT2D eigenvalue weighted by Crippen LogP contribution is -2.45. The zero-order valence-electron chi connectivity index (χ0n) is 12.7. The second kappa shape index (κ2) is 6.37. The third-order valence-corrected chi connectivity index (χ3v) is 4.10.